The SMILES string of the molecule is Cc1cc2ccccc2c(-c2c(O)ccc3[nH]c4ccccc4c23)c1O. The first-order valence-electron chi connectivity index (χ1n) is 8.59. The Balaban J connectivity index is 2.05. The molecule has 0 aliphatic rings. The van der Waals surface area contributed by atoms with Crippen molar-refractivity contribution in [2.24, 2.45) is 0 Å². The average molecular weight is 339 g/mol. The molecule has 0 radical (unpaired) electrons. The van der Waals surface area contributed by atoms with Gasteiger partial charge in [-0.15, -0.1) is 0 Å². The molecule has 26 heavy (non-hydrogen) atoms. The van der Waals surface area contributed by atoms with E-state index in [-0.39, 0.29) is 11.5 Å². The number of nitrogens with one attached hydrogen (secondary N) is 1. The fourth-order valence-corrected chi connectivity index (χ4v) is 3.91. The number of fused-ring (bicyclic) bond motifs is 4. The highest BCUT2D eigenvalue weighted by Gasteiger charge is 2.20. The molecule has 0 fully saturated rings. The van der Waals surface area contributed by atoms with E-state index in [2.05, 4.69) is 4.98 Å². The van der Waals surface area contributed by atoms with E-state index >= 15 is 0 Å². The molecule has 0 amide bonds. The maximum Gasteiger partial charge on any atom is 0.127 e. The predicted octanol–water partition coefficient (Wildman–Crippen LogP) is 5.86. The molecule has 5 aromatic rings. The van der Waals surface area contributed by atoms with Crippen molar-refractivity contribution in [3.8, 4) is 22.6 Å². The predicted molar refractivity (Wildman–Crippen MR) is 107 cm³/mol. The smallest absolute Gasteiger partial charge is 0.127 e. The van der Waals surface area contributed by atoms with Crippen molar-refractivity contribution in [2.45, 2.75) is 6.92 Å². The molecular weight excluding hydrogens is 322 g/mol. The van der Waals surface area contributed by atoms with Crippen LogP contribution in [0.3, 0.4) is 0 Å². The number of H-pyrrole nitrogens is 1. The van der Waals surface area contributed by atoms with E-state index in [1.54, 1.807) is 6.07 Å². The summed E-state index contributed by atoms with van der Waals surface area (Å²) in [6.45, 7) is 1.89. The molecule has 4 aromatic carbocycles. The highest BCUT2D eigenvalue weighted by atomic mass is 16.3. The third-order valence-corrected chi connectivity index (χ3v) is 5.11. The van der Waals surface area contributed by atoms with Crippen LogP contribution in [-0.4, -0.2) is 15.2 Å². The lowest BCUT2D eigenvalue weighted by Crippen LogP contribution is -1.88. The Labute approximate surface area is 150 Å². The van der Waals surface area contributed by atoms with Crippen molar-refractivity contribution >= 4 is 32.6 Å². The molecule has 3 nitrogen and oxygen atoms in total. The molecule has 0 aliphatic carbocycles. The third-order valence-electron chi connectivity index (χ3n) is 5.11. The number of aromatic hydroxyl groups is 2. The number of phenols is 2. The summed E-state index contributed by atoms with van der Waals surface area (Å²) < 4.78 is 0. The van der Waals surface area contributed by atoms with Crippen LogP contribution in [0, 0.1) is 6.92 Å². The van der Waals surface area contributed by atoms with Crippen molar-refractivity contribution < 1.29 is 10.2 Å². The number of aromatic nitrogens is 1. The van der Waals surface area contributed by atoms with Crippen molar-refractivity contribution in [1.82, 2.24) is 4.98 Å². The zero-order valence-corrected chi connectivity index (χ0v) is 14.2. The van der Waals surface area contributed by atoms with Crippen LogP contribution in [-0.2, 0) is 0 Å². The van der Waals surface area contributed by atoms with Gasteiger partial charge in [0.1, 0.15) is 11.5 Å². The van der Waals surface area contributed by atoms with Gasteiger partial charge in [0.05, 0.1) is 0 Å². The van der Waals surface area contributed by atoms with Crippen molar-refractivity contribution in [3.05, 3.63) is 72.3 Å². The fourth-order valence-electron chi connectivity index (χ4n) is 3.91. The van der Waals surface area contributed by atoms with Crippen molar-refractivity contribution in [1.29, 1.82) is 0 Å². The summed E-state index contributed by atoms with van der Waals surface area (Å²) in [6, 6.07) is 21.5. The van der Waals surface area contributed by atoms with E-state index in [0.717, 1.165) is 38.1 Å². The van der Waals surface area contributed by atoms with Crippen LogP contribution in [0.15, 0.2) is 66.7 Å². The lowest BCUT2D eigenvalue weighted by molar-refractivity contribution is 0.468. The summed E-state index contributed by atoms with van der Waals surface area (Å²) in [5.41, 5.74) is 4.07. The Morgan fingerprint density at radius 2 is 1.46 bits per heavy atom. The lowest BCUT2D eigenvalue weighted by atomic mass is 9.91. The topological polar surface area (TPSA) is 56.2 Å². The van der Waals surface area contributed by atoms with Gasteiger partial charge in [-0.2, -0.15) is 0 Å². The van der Waals surface area contributed by atoms with Crippen molar-refractivity contribution in [2.75, 3.05) is 0 Å². The monoisotopic (exact) mass is 339 g/mol. The zero-order chi connectivity index (χ0) is 17.8. The number of rotatable bonds is 1. The molecule has 1 aromatic heterocycles. The van der Waals surface area contributed by atoms with Gasteiger partial charge in [0.25, 0.3) is 0 Å². The number of aryl methyl sites for hydroxylation is 1. The first kappa shape index (κ1) is 14.8. The molecule has 0 atom stereocenters. The number of hydrogen-bond acceptors (Lipinski definition) is 2. The molecular formula is C23H17NO2. The summed E-state index contributed by atoms with van der Waals surface area (Å²) in [5, 5.41) is 25.6. The molecule has 3 N–H and O–H groups in total. The van der Waals surface area contributed by atoms with E-state index in [9.17, 15) is 10.2 Å². The second-order valence-corrected chi connectivity index (χ2v) is 6.69. The van der Waals surface area contributed by atoms with Gasteiger partial charge in [0.2, 0.25) is 0 Å². The van der Waals surface area contributed by atoms with Crippen LogP contribution in [0.2, 0.25) is 0 Å². The van der Waals surface area contributed by atoms with Crippen LogP contribution in [0.25, 0.3) is 43.7 Å². The first-order valence-corrected chi connectivity index (χ1v) is 8.59. The minimum Gasteiger partial charge on any atom is -0.507 e. The summed E-state index contributed by atoms with van der Waals surface area (Å²) in [7, 11) is 0. The van der Waals surface area contributed by atoms with Crippen LogP contribution in [0.4, 0.5) is 0 Å². The second-order valence-electron chi connectivity index (χ2n) is 6.69. The van der Waals surface area contributed by atoms with Gasteiger partial charge >= 0.3 is 0 Å². The van der Waals surface area contributed by atoms with Gasteiger partial charge in [0.15, 0.2) is 0 Å². The Morgan fingerprint density at radius 3 is 2.31 bits per heavy atom. The van der Waals surface area contributed by atoms with Crippen LogP contribution in [0.5, 0.6) is 11.5 Å². The van der Waals surface area contributed by atoms with Gasteiger partial charge in [-0.25, -0.2) is 0 Å². The molecule has 0 unspecified atom stereocenters. The van der Waals surface area contributed by atoms with Crippen molar-refractivity contribution in [3.63, 3.8) is 0 Å². The molecule has 0 saturated heterocycles. The Morgan fingerprint density at radius 1 is 0.731 bits per heavy atom. The first-order chi connectivity index (χ1) is 12.6. The van der Waals surface area contributed by atoms with Gasteiger partial charge in [-0.1, -0.05) is 42.5 Å². The summed E-state index contributed by atoms with van der Waals surface area (Å²) >= 11 is 0. The quantitative estimate of drug-likeness (QED) is 0.358. The molecule has 1 heterocycles. The largest absolute Gasteiger partial charge is 0.507 e. The lowest BCUT2D eigenvalue weighted by Gasteiger charge is -2.15. The standard InChI is InChI=1S/C23H17NO2/c1-13-12-14-6-2-3-7-15(14)21(23(13)26)22-19(25)11-10-18-20(22)16-8-4-5-9-17(16)24-18/h2-12,24-26H,1H3. The minimum absolute atomic E-state index is 0.160. The van der Waals surface area contributed by atoms with Crippen LogP contribution < -0.4 is 0 Å². The molecule has 0 spiro atoms. The molecule has 126 valence electrons. The van der Waals surface area contributed by atoms with Gasteiger partial charge in [0, 0.05) is 32.9 Å². The maximum atomic E-state index is 10.9. The van der Waals surface area contributed by atoms with E-state index < -0.39 is 0 Å². The fraction of sp³-hybridized carbons (Fsp3) is 0.0435. The Bertz CT molecular complexity index is 1310. The number of para-hydroxylation sites is 1. The van der Waals surface area contributed by atoms with Gasteiger partial charge in [-0.05, 0) is 47.5 Å². The Kier molecular flexibility index (Phi) is 3.01. The highest BCUT2D eigenvalue weighted by molar-refractivity contribution is 6.19. The third kappa shape index (κ3) is 1.94. The minimum atomic E-state index is 0.160. The number of benzene rings is 4. The normalized spacial score (nSPS) is 11.6. The second kappa shape index (κ2) is 5.27. The molecule has 0 aliphatic heterocycles. The number of hydrogen-bond donors (Lipinski definition) is 3. The van der Waals surface area contributed by atoms with Gasteiger partial charge in [-0.3, -0.25) is 0 Å². The highest BCUT2D eigenvalue weighted by Crippen LogP contribution is 2.47. The summed E-state index contributed by atoms with van der Waals surface area (Å²) in [4.78, 5) is 3.40. The maximum absolute atomic E-state index is 10.9. The van der Waals surface area contributed by atoms with Gasteiger partial charge < -0.3 is 15.2 Å². The number of aromatic amines is 1. The Hall–Kier alpha value is -3.46. The van der Waals surface area contributed by atoms with Crippen LogP contribution >= 0.6 is 0 Å². The molecule has 5 rings (SSSR count). The van der Waals surface area contributed by atoms with E-state index in [4.69, 9.17) is 0 Å². The average Bonchev–Trinajstić information content (AvgIpc) is 3.03. The number of phenolic OH excluding ortho intramolecular Hbond substituents is 2. The molecule has 0 bridgehead atoms. The van der Waals surface area contributed by atoms with E-state index in [0.29, 0.717) is 11.1 Å². The molecule has 3 heteroatoms. The molecule has 0 saturated carbocycles. The van der Waals surface area contributed by atoms with E-state index in [1.807, 2.05) is 67.6 Å². The van der Waals surface area contributed by atoms with Crippen LogP contribution in [0.1, 0.15) is 5.56 Å². The zero-order valence-electron chi connectivity index (χ0n) is 14.2. The summed E-state index contributed by atoms with van der Waals surface area (Å²) in [6.07, 6.45) is 0. The summed E-state index contributed by atoms with van der Waals surface area (Å²) in [5.74, 6) is 0.366. The van der Waals surface area contributed by atoms with E-state index in [1.165, 1.54) is 0 Å².